The number of rotatable bonds is 6. The van der Waals surface area contributed by atoms with Gasteiger partial charge in [0, 0.05) is 22.1 Å². The van der Waals surface area contributed by atoms with E-state index in [-0.39, 0.29) is 0 Å². The van der Waals surface area contributed by atoms with Gasteiger partial charge in [0.2, 0.25) is 0 Å². The summed E-state index contributed by atoms with van der Waals surface area (Å²) in [6.45, 7) is 4.25. The summed E-state index contributed by atoms with van der Waals surface area (Å²) in [4.78, 5) is 14.1. The molecule has 1 N–H and O–H groups in total. The number of imidazole rings is 1. The lowest BCUT2D eigenvalue weighted by atomic mass is 10.2. The first-order valence-electron chi connectivity index (χ1n) is 8.90. The topological polar surface area (TPSA) is 41.6 Å². The van der Waals surface area contributed by atoms with Gasteiger partial charge in [0.15, 0.2) is 5.16 Å². The molecule has 0 amide bonds. The van der Waals surface area contributed by atoms with E-state index in [9.17, 15) is 0 Å². The molecule has 5 heteroatoms. The lowest BCUT2D eigenvalue weighted by Crippen LogP contribution is -1.97. The molecular formula is C22H21N3S2. The molecule has 27 heavy (non-hydrogen) atoms. The minimum Gasteiger partial charge on any atom is -0.333 e. The standard InChI is InChI=1S/C22H21N3S2/c1-15-12-21(26-13-17-8-4-3-5-9-17)16(2)20(23-15)14-27-22-24-18-10-6-7-11-19(18)25-22/h3-12H,13-14H2,1-2H3,(H,24,25). The average Bonchev–Trinajstić information content (AvgIpc) is 3.11. The smallest absolute Gasteiger partial charge is 0.166 e. The molecule has 4 aromatic rings. The van der Waals surface area contributed by atoms with Crippen LogP contribution in [0.4, 0.5) is 0 Å². The number of hydrogen-bond acceptors (Lipinski definition) is 4. The Morgan fingerprint density at radius 2 is 1.63 bits per heavy atom. The van der Waals surface area contributed by atoms with Crippen LogP contribution in [0, 0.1) is 13.8 Å². The fourth-order valence-corrected chi connectivity index (χ4v) is 4.93. The summed E-state index contributed by atoms with van der Waals surface area (Å²) in [5.41, 5.74) is 6.90. The van der Waals surface area contributed by atoms with Gasteiger partial charge < -0.3 is 4.98 Å². The first-order valence-corrected chi connectivity index (χ1v) is 10.9. The van der Waals surface area contributed by atoms with Crippen LogP contribution in [-0.4, -0.2) is 15.0 Å². The molecule has 2 aromatic heterocycles. The Morgan fingerprint density at radius 1 is 0.852 bits per heavy atom. The highest BCUT2D eigenvalue weighted by Crippen LogP contribution is 2.31. The quantitative estimate of drug-likeness (QED) is 0.400. The molecule has 136 valence electrons. The van der Waals surface area contributed by atoms with Crippen LogP contribution >= 0.6 is 23.5 Å². The van der Waals surface area contributed by atoms with Gasteiger partial charge in [0.25, 0.3) is 0 Å². The van der Waals surface area contributed by atoms with Gasteiger partial charge in [-0.1, -0.05) is 54.2 Å². The highest BCUT2D eigenvalue weighted by molar-refractivity contribution is 7.98. The first kappa shape index (κ1) is 18.1. The third kappa shape index (κ3) is 4.37. The van der Waals surface area contributed by atoms with Gasteiger partial charge in [0.1, 0.15) is 0 Å². The van der Waals surface area contributed by atoms with Crippen LogP contribution in [0.3, 0.4) is 0 Å². The zero-order valence-corrected chi connectivity index (χ0v) is 17.0. The Bertz CT molecular complexity index is 1020. The van der Waals surface area contributed by atoms with Crippen molar-refractivity contribution in [3.63, 3.8) is 0 Å². The minimum atomic E-state index is 0.812. The Labute approximate surface area is 168 Å². The molecule has 0 saturated heterocycles. The molecule has 0 unspecified atom stereocenters. The van der Waals surface area contributed by atoms with E-state index in [4.69, 9.17) is 4.98 Å². The second-order valence-electron chi connectivity index (χ2n) is 6.46. The molecule has 2 aromatic carbocycles. The van der Waals surface area contributed by atoms with Crippen LogP contribution in [-0.2, 0) is 11.5 Å². The number of aryl methyl sites for hydroxylation is 1. The number of benzene rings is 2. The van der Waals surface area contributed by atoms with E-state index in [2.05, 4.69) is 66.3 Å². The highest BCUT2D eigenvalue weighted by Gasteiger charge is 2.11. The number of nitrogens with one attached hydrogen (secondary N) is 1. The minimum absolute atomic E-state index is 0.812. The molecule has 0 fully saturated rings. The maximum Gasteiger partial charge on any atom is 0.166 e. The summed E-state index contributed by atoms with van der Waals surface area (Å²) in [7, 11) is 0. The fourth-order valence-electron chi connectivity index (χ4n) is 2.93. The van der Waals surface area contributed by atoms with Gasteiger partial charge in [-0.25, -0.2) is 4.98 Å². The van der Waals surface area contributed by atoms with Gasteiger partial charge in [0.05, 0.1) is 16.7 Å². The molecule has 0 aliphatic rings. The van der Waals surface area contributed by atoms with Crippen LogP contribution in [0.25, 0.3) is 11.0 Å². The molecule has 0 atom stereocenters. The normalized spacial score (nSPS) is 11.2. The zero-order valence-electron chi connectivity index (χ0n) is 15.4. The van der Waals surface area contributed by atoms with E-state index in [1.807, 2.05) is 30.0 Å². The van der Waals surface area contributed by atoms with Crippen LogP contribution in [0.1, 0.15) is 22.5 Å². The lowest BCUT2D eigenvalue weighted by Gasteiger charge is -2.11. The maximum atomic E-state index is 4.78. The number of thioether (sulfide) groups is 2. The number of H-pyrrole nitrogens is 1. The van der Waals surface area contributed by atoms with E-state index in [1.54, 1.807) is 11.8 Å². The molecule has 0 saturated carbocycles. The summed E-state index contributed by atoms with van der Waals surface area (Å²) in [6, 6.07) is 20.9. The number of pyridine rings is 1. The largest absolute Gasteiger partial charge is 0.333 e. The summed E-state index contributed by atoms with van der Waals surface area (Å²) in [6.07, 6.45) is 0. The fraction of sp³-hybridized carbons (Fsp3) is 0.182. The van der Waals surface area contributed by atoms with E-state index in [0.29, 0.717) is 0 Å². The van der Waals surface area contributed by atoms with Crippen LogP contribution < -0.4 is 0 Å². The van der Waals surface area contributed by atoms with Gasteiger partial charge >= 0.3 is 0 Å². The third-order valence-electron chi connectivity index (χ3n) is 4.40. The Balaban J connectivity index is 1.49. The number of fused-ring (bicyclic) bond motifs is 1. The van der Waals surface area contributed by atoms with Gasteiger partial charge in [-0.2, -0.15) is 0 Å². The van der Waals surface area contributed by atoms with Crippen molar-refractivity contribution < 1.29 is 0 Å². The molecule has 0 aliphatic heterocycles. The SMILES string of the molecule is Cc1cc(SCc2ccccc2)c(C)c(CSc2nc3ccccc3[nH]2)n1. The van der Waals surface area contributed by atoms with E-state index in [0.717, 1.165) is 39.1 Å². The van der Waals surface area contributed by atoms with Crippen molar-refractivity contribution in [1.29, 1.82) is 0 Å². The second-order valence-corrected chi connectivity index (χ2v) is 8.44. The summed E-state index contributed by atoms with van der Waals surface area (Å²) in [5, 5.41) is 0.942. The predicted octanol–water partition coefficient (Wildman–Crippen LogP) is 6.16. The summed E-state index contributed by atoms with van der Waals surface area (Å²) >= 11 is 3.59. The first-order chi connectivity index (χ1) is 13.2. The van der Waals surface area contributed by atoms with Gasteiger partial charge in [-0.15, -0.1) is 11.8 Å². The molecule has 2 heterocycles. The Morgan fingerprint density at radius 3 is 2.44 bits per heavy atom. The predicted molar refractivity (Wildman–Crippen MR) is 115 cm³/mol. The second kappa shape index (κ2) is 8.19. The third-order valence-corrected chi connectivity index (χ3v) is 6.50. The van der Waals surface area contributed by atoms with E-state index >= 15 is 0 Å². The number of hydrogen-bond donors (Lipinski definition) is 1. The molecule has 0 radical (unpaired) electrons. The summed E-state index contributed by atoms with van der Waals surface area (Å²) < 4.78 is 0. The van der Waals surface area contributed by atoms with Gasteiger partial charge in [-0.3, -0.25) is 4.98 Å². The number of aromatic nitrogens is 3. The van der Waals surface area contributed by atoms with E-state index in [1.165, 1.54) is 16.0 Å². The van der Waals surface area contributed by atoms with Crippen molar-refractivity contribution >= 4 is 34.6 Å². The zero-order chi connectivity index (χ0) is 18.6. The van der Waals surface area contributed by atoms with Crippen molar-refractivity contribution in [2.45, 2.75) is 35.4 Å². The van der Waals surface area contributed by atoms with Crippen LogP contribution in [0.15, 0.2) is 70.7 Å². The molecule has 4 rings (SSSR count). The molecule has 0 bridgehead atoms. The van der Waals surface area contributed by atoms with E-state index < -0.39 is 0 Å². The molecule has 0 spiro atoms. The number of aromatic amines is 1. The van der Waals surface area contributed by atoms with Crippen LogP contribution in [0.5, 0.6) is 0 Å². The monoisotopic (exact) mass is 391 g/mol. The average molecular weight is 392 g/mol. The number of para-hydroxylation sites is 2. The van der Waals surface area contributed by atoms with Crippen LogP contribution in [0.2, 0.25) is 0 Å². The Kier molecular flexibility index (Phi) is 5.50. The van der Waals surface area contributed by atoms with Gasteiger partial charge in [-0.05, 0) is 43.2 Å². The number of nitrogens with zero attached hydrogens (tertiary/aromatic N) is 2. The lowest BCUT2D eigenvalue weighted by molar-refractivity contribution is 1.02. The van der Waals surface area contributed by atoms with Crippen molar-refractivity contribution in [2.75, 3.05) is 0 Å². The molecule has 0 aliphatic carbocycles. The highest BCUT2D eigenvalue weighted by atomic mass is 32.2. The van der Waals surface area contributed by atoms with Crippen molar-refractivity contribution in [3.8, 4) is 0 Å². The molecule has 3 nitrogen and oxygen atoms in total. The van der Waals surface area contributed by atoms with Crippen molar-refractivity contribution in [1.82, 2.24) is 15.0 Å². The maximum absolute atomic E-state index is 4.78. The van der Waals surface area contributed by atoms with Crippen molar-refractivity contribution in [3.05, 3.63) is 83.2 Å². The van der Waals surface area contributed by atoms with Crippen molar-refractivity contribution in [2.24, 2.45) is 0 Å². The Hall–Kier alpha value is -2.24. The summed E-state index contributed by atoms with van der Waals surface area (Å²) in [5.74, 6) is 1.79. The molecular weight excluding hydrogens is 370 g/mol.